The van der Waals surface area contributed by atoms with Crippen LogP contribution in [-0.4, -0.2) is 35.7 Å². The lowest BCUT2D eigenvalue weighted by atomic mass is 9.82. The molecule has 0 unspecified atom stereocenters. The van der Waals surface area contributed by atoms with Gasteiger partial charge in [-0.05, 0) is 24.3 Å². The van der Waals surface area contributed by atoms with Gasteiger partial charge in [0.15, 0.2) is 0 Å². The Morgan fingerprint density at radius 3 is 2.76 bits per heavy atom. The zero-order valence-electron chi connectivity index (χ0n) is 11.8. The van der Waals surface area contributed by atoms with Gasteiger partial charge in [-0.15, -0.1) is 0 Å². The van der Waals surface area contributed by atoms with Gasteiger partial charge in [0.1, 0.15) is 0 Å². The molecule has 0 aromatic heterocycles. The van der Waals surface area contributed by atoms with Crippen molar-refractivity contribution in [2.75, 3.05) is 19.8 Å². The molecule has 0 aliphatic carbocycles. The van der Waals surface area contributed by atoms with Crippen molar-refractivity contribution < 1.29 is 19.6 Å². The number of nitrogens with zero attached hydrogens (tertiary/aromatic N) is 1. The fraction of sp³-hybridized carbons (Fsp3) is 0.500. The second-order valence-corrected chi connectivity index (χ2v) is 5.54. The van der Waals surface area contributed by atoms with Crippen LogP contribution in [0.3, 0.4) is 0 Å². The van der Waals surface area contributed by atoms with Gasteiger partial charge < -0.3 is 15.2 Å². The number of hydrogen-bond acceptors (Lipinski definition) is 5. The molecular formula is C14H18N2O5. The molecule has 7 heteroatoms. The van der Waals surface area contributed by atoms with E-state index in [0.29, 0.717) is 19.8 Å². The monoisotopic (exact) mass is 294 g/mol. The van der Waals surface area contributed by atoms with Crippen molar-refractivity contribution in [3.8, 4) is 5.75 Å². The van der Waals surface area contributed by atoms with Crippen LogP contribution in [0.4, 0.5) is 5.69 Å². The summed E-state index contributed by atoms with van der Waals surface area (Å²) in [6.07, 6.45) is 1.68. The third kappa shape index (κ3) is 3.49. The number of phenols is 1. The Morgan fingerprint density at radius 1 is 1.48 bits per heavy atom. The van der Waals surface area contributed by atoms with E-state index in [1.807, 2.05) is 0 Å². The third-order valence-electron chi connectivity index (χ3n) is 3.83. The Balaban J connectivity index is 2.07. The van der Waals surface area contributed by atoms with E-state index in [2.05, 4.69) is 12.2 Å². The molecule has 2 rings (SSSR count). The predicted octanol–water partition coefficient (Wildman–Crippen LogP) is 1.85. The Bertz CT molecular complexity index is 552. The van der Waals surface area contributed by atoms with Crippen LogP contribution in [-0.2, 0) is 4.74 Å². The summed E-state index contributed by atoms with van der Waals surface area (Å²) in [5.41, 5.74) is -0.607. The smallest absolute Gasteiger partial charge is 0.311 e. The fourth-order valence-corrected chi connectivity index (χ4v) is 2.29. The van der Waals surface area contributed by atoms with E-state index < -0.39 is 22.3 Å². The summed E-state index contributed by atoms with van der Waals surface area (Å²) in [7, 11) is 0. The molecule has 0 bridgehead atoms. The molecule has 1 amide bonds. The van der Waals surface area contributed by atoms with Crippen molar-refractivity contribution in [1.82, 2.24) is 5.32 Å². The minimum atomic E-state index is -0.716. The minimum absolute atomic E-state index is 0.0513. The molecule has 1 aromatic rings. The first kappa shape index (κ1) is 15.2. The predicted molar refractivity (Wildman–Crippen MR) is 75.3 cm³/mol. The molecule has 0 saturated carbocycles. The lowest BCUT2D eigenvalue weighted by Crippen LogP contribution is -2.39. The normalized spacial score (nSPS) is 17.2. The lowest BCUT2D eigenvalue weighted by Gasteiger charge is -2.33. The number of amides is 1. The van der Waals surface area contributed by atoms with Crippen molar-refractivity contribution >= 4 is 11.6 Å². The summed E-state index contributed by atoms with van der Waals surface area (Å²) < 4.78 is 5.29. The number of aromatic hydroxyl groups is 1. The van der Waals surface area contributed by atoms with Crippen LogP contribution in [0.5, 0.6) is 5.75 Å². The zero-order chi connectivity index (χ0) is 15.5. The number of nitro groups is 1. The van der Waals surface area contributed by atoms with E-state index in [1.54, 1.807) is 0 Å². The van der Waals surface area contributed by atoms with Crippen molar-refractivity contribution in [2.24, 2.45) is 5.41 Å². The average molecular weight is 294 g/mol. The Morgan fingerprint density at radius 2 is 2.14 bits per heavy atom. The van der Waals surface area contributed by atoms with Crippen LogP contribution in [0.25, 0.3) is 0 Å². The van der Waals surface area contributed by atoms with Crippen molar-refractivity contribution in [3.63, 3.8) is 0 Å². The lowest BCUT2D eigenvalue weighted by molar-refractivity contribution is -0.385. The maximum absolute atomic E-state index is 12.1. The van der Waals surface area contributed by atoms with Gasteiger partial charge in [-0.1, -0.05) is 13.0 Å². The third-order valence-corrected chi connectivity index (χ3v) is 3.83. The summed E-state index contributed by atoms with van der Waals surface area (Å²) >= 11 is 0. The van der Waals surface area contributed by atoms with Crippen LogP contribution in [0, 0.1) is 15.5 Å². The molecule has 114 valence electrons. The van der Waals surface area contributed by atoms with Crippen LogP contribution in [0.2, 0.25) is 0 Å². The molecule has 0 atom stereocenters. The summed E-state index contributed by atoms with van der Waals surface area (Å²) in [5, 5.41) is 23.3. The molecule has 1 aromatic carbocycles. The van der Waals surface area contributed by atoms with E-state index in [4.69, 9.17) is 4.74 Å². The number of benzene rings is 1. The van der Waals surface area contributed by atoms with Crippen molar-refractivity contribution in [2.45, 2.75) is 19.8 Å². The Labute approximate surface area is 122 Å². The first-order valence-electron chi connectivity index (χ1n) is 6.75. The van der Waals surface area contributed by atoms with Crippen molar-refractivity contribution in [3.05, 3.63) is 33.9 Å². The molecule has 21 heavy (non-hydrogen) atoms. The molecule has 2 N–H and O–H groups in total. The minimum Gasteiger partial charge on any atom is -0.502 e. The van der Waals surface area contributed by atoms with E-state index in [-0.39, 0.29) is 11.0 Å². The molecule has 1 heterocycles. The zero-order valence-corrected chi connectivity index (χ0v) is 11.8. The number of hydrogen-bond donors (Lipinski definition) is 2. The summed E-state index contributed by atoms with van der Waals surface area (Å²) in [4.78, 5) is 22.1. The molecule has 1 aliphatic rings. The number of carbonyl (C=O) groups excluding carboxylic acids is 1. The molecule has 1 fully saturated rings. The average Bonchev–Trinajstić information content (AvgIpc) is 2.45. The van der Waals surface area contributed by atoms with Gasteiger partial charge in [0.2, 0.25) is 5.75 Å². The van der Waals surface area contributed by atoms with Gasteiger partial charge in [-0.2, -0.15) is 0 Å². The summed E-state index contributed by atoms with van der Waals surface area (Å²) in [5.74, 6) is -1.11. The molecule has 7 nitrogen and oxygen atoms in total. The van der Waals surface area contributed by atoms with E-state index in [1.165, 1.54) is 12.1 Å². The molecule has 1 aliphatic heterocycles. The summed E-state index contributed by atoms with van der Waals surface area (Å²) in [6, 6.07) is 3.90. The van der Waals surface area contributed by atoms with Crippen molar-refractivity contribution in [1.29, 1.82) is 0 Å². The van der Waals surface area contributed by atoms with E-state index >= 15 is 0 Å². The van der Waals surface area contributed by atoms with Gasteiger partial charge >= 0.3 is 5.69 Å². The largest absolute Gasteiger partial charge is 0.502 e. The van der Waals surface area contributed by atoms with Crippen LogP contribution >= 0.6 is 0 Å². The first-order valence-corrected chi connectivity index (χ1v) is 6.75. The molecular weight excluding hydrogens is 276 g/mol. The van der Waals surface area contributed by atoms with Crippen LogP contribution in [0.1, 0.15) is 30.1 Å². The Hall–Kier alpha value is -2.15. The number of ether oxygens (including phenoxy) is 1. The van der Waals surface area contributed by atoms with Gasteiger partial charge in [0.25, 0.3) is 5.91 Å². The highest BCUT2D eigenvalue weighted by molar-refractivity contribution is 5.98. The maximum atomic E-state index is 12.1. The standard InChI is InChI=1S/C14H18N2O5/c1-14(5-7-21-8-6-14)9-15-13(18)10-3-2-4-11(12(10)17)16(19)20/h2-4,17H,5-9H2,1H3,(H,15,18). The number of carbonyl (C=O) groups is 1. The van der Waals surface area contributed by atoms with E-state index in [0.717, 1.165) is 18.9 Å². The van der Waals surface area contributed by atoms with Gasteiger partial charge in [-0.25, -0.2) is 0 Å². The number of para-hydroxylation sites is 1. The fourth-order valence-electron chi connectivity index (χ4n) is 2.29. The van der Waals surface area contributed by atoms with E-state index in [9.17, 15) is 20.0 Å². The number of phenolic OH excluding ortho intramolecular Hbond substituents is 1. The molecule has 1 saturated heterocycles. The second-order valence-electron chi connectivity index (χ2n) is 5.54. The molecule has 0 radical (unpaired) electrons. The van der Waals surface area contributed by atoms with Gasteiger partial charge in [0, 0.05) is 25.8 Å². The summed E-state index contributed by atoms with van der Waals surface area (Å²) in [6.45, 7) is 3.82. The first-order chi connectivity index (χ1) is 9.93. The number of nitrogens with one attached hydrogen (secondary N) is 1. The highest BCUT2D eigenvalue weighted by atomic mass is 16.6. The topological polar surface area (TPSA) is 102 Å². The van der Waals surface area contributed by atoms with Gasteiger partial charge in [0.05, 0.1) is 10.5 Å². The van der Waals surface area contributed by atoms with Crippen LogP contribution in [0.15, 0.2) is 18.2 Å². The second kappa shape index (κ2) is 6.09. The molecule has 0 spiro atoms. The Kier molecular flexibility index (Phi) is 4.42. The maximum Gasteiger partial charge on any atom is 0.311 e. The number of nitro benzene ring substituents is 1. The quantitative estimate of drug-likeness (QED) is 0.651. The highest BCUT2D eigenvalue weighted by Gasteiger charge is 2.29. The van der Waals surface area contributed by atoms with Crippen LogP contribution < -0.4 is 5.32 Å². The SMILES string of the molecule is CC1(CNC(=O)c2cccc([N+](=O)[O-])c2O)CCOCC1. The number of rotatable bonds is 4. The highest BCUT2D eigenvalue weighted by Crippen LogP contribution is 2.31. The van der Waals surface area contributed by atoms with Gasteiger partial charge in [-0.3, -0.25) is 14.9 Å².